The average Bonchev–Trinajstić information content (AvgIpc) is 2.33. The van der Waals surface area contributed by atoms with Gasteiger partial charge in [-0.3, -0.25) is 0 Å². The van der Waals surface area contributed by atoms with Crippen LogP contribution in [-0.4, -0.2) is 31.4 Å². The van der Waals surface area contributed by atoms with E-state index in [0.29, 0.717) is 0 Å². The van der Waals surface area contributed by atoms with Gasteiger partial charge >= 0.3 is 0 Å². The number of nitrogens with zero attached hydrogens (tertiary/aromatic N) is 1. The van der Waals surface area contributed by atoms with Gasteiger partial charge in [0.25, 0.3) is 0 Å². The molecule has 0 saturated heterocycles. The molecule has 108 valence electrons. The van der Waals surface area contributed by atoms with Gasteiger partial charge in [-0.2, -0.15) is 0 Å². The van der Waals surface area contributed by atoms with Crippen LogP contribution in [-0.2, 0) is 16.6 Å². The summed E-state index contributed by atoms with van der Waals surface area (Å²) >= 11 is 11.5. The molecular formula is C12H16Cl2FNO2S. The van der Waals surface area contributed by atoms with E-state index in [1.165, 1.54) is 25.2 Å². The van der Waals surface area contributed by atoms with Crippen molar-refractivity contribution in [1.82, 2.24) is 4.31 Å². The number of sulfonamides is 1. The highest BCUT2D eigenvalue weighted by Crippen LogP contribution is 2.21. The Morgan fingerprint density at radius 2 is 2.05 bits per heavy atom. The molecule has 1 atom stereocenters. The summed E-state index contributed by atoms with van der Waals surface area (Å²) in [6.07, 6.45) is 0. The standard InChI is InChI=1S/C12H16Cl2FNO2S/c1-9(6-13)8-19(17,18)16(2)7-10-11(14)4-3-5-12(10)15/h3-5,9H,6-8H2,1-2H3. The van der Waals surface area contributed by atoms with Gasteiger partial charge < -0.3 is 0 Å². The molecule has 0 radical (unpaired) electrons. The van der Waals surface area contributed by atoms with E-state index < -0.39 is 15.8 Å². The number of hydrogen-bond donors (Lipinski definition) is 0. The van der Waals surface area contributed by atoms with Crippen LogP contribution in [0.3, 0.4) is 0 Å². The molecule has 0 aromatic heterocycles. The molecular weight excluding hydrogens is 312 g/mol. The summed E-state index contributed by atoms with van der Waals surface area (Å²) in [7, 11) is -2.08. The zero-order chi connectivity index (χ0) is 14.6. The molecule has 0 saturated carbocycles. The molecule has 1 rings (SSSR count). The number of benzene rings is 1. The van der Waals surface area contributed by atoms with E-state index in [4.69, 9.17) is 23.2 Å². The molecule has 0 aliphatic heterocycles. The summed E-state index contributed by atoms with van der Waals surface area (Å²) < 4.78 is 38.8. The van der Waals surface area contributed by atoms with E-state index in [9.17, 15) is 12.8 Å². The van der Waals surface area contributed by atoms with Gasteiger partial charge in [0.15, 0.2) is 0 Å². The van der Waals surface area contributed by atoms with Crippen LogP contribution in [0.1, 0.15) is 12.5 Å². The Balaban J connectivity index is 2.88. The lowest BCUT2D eigenvalue weighted by Gasteiger charge is -2.20. The third-order valence-corrected chi connectivity index (χ3v) is 5.63. The number of rotatable bonds is 6. The van der Waals surface area contributed by atoms with Crippen molar-refractivity contribution in [2.24, 2.45) is 5.92 Å². The molecule has 1 unspecified atom stereocenters. The normalized spacial score (nSPS) is 13.8. The molecule has 0 aliphatic rings. The van der Waals surface area contributed by atoms with Crippen LogP contribution in [0.25, 0.3) is 0 Å². The predicted octanol–water partition coefficient (Wildman–Crippen LogP) is 3.12. The van der Waals surface area contributed by atoms with Crippen LogP contribution >= 0.6 is 23.2 Å². The third kappa shape index (κ3) is 4.60. The molecule has 7 heteroatoms. The first-order chi connectivity index (χ1) is 8.77. The highest BCUT2D eigenvalue weighted by Gasteiger charge is 2.22. The first-order valence-electron chi connectivity index (χ1n) is 5.70. The second-order valence-corrected chi connectivity index (χ2v) is 7.33. The minimum atomic E-state index is -3.48. The molecule has 3 nitrogen and oxygen atoms in total. The van der Waals surface area contributed by atoms with Crippen LogP contribution in [0, 0.1) is 11.7 Å². The van der Waals surface area contributed by atoms with Crippen molar-refractivity contribution in [2.75, 3.05) is 18.7 Å². The van der Waals surface area contributed by atoms with Gasteiger partial charge in [-0.15, -0.1) is 11.6 Å². The predicted molar refractivity (Wildman–Crippen MR) is 76.5 cm³/mol. The fraction of sp³-hybridized carbons (Fsp3) is 0.500. The second kappa shape index (κ2) is 6.88. The smallest absolute Gasteiger partial charge is 0.212 e. The van der Waals surface area contributed by atoms with Crippen molar-refractivity contribution in [3.8, 4) is 0 Å². The summed E-state index contributed by atoms with van der Waals surface area (Å²) in [6.45, 7) is 1.65. The number of hydrogen-bond acceptors (Lipinski definition) is 2. The molecule has 0 bridgehead atoms. The van der Waals surface area contributed by atoms with E-state index in [-0.39, 0.29) is 34.7 Å². The first kappa shape index (κ1) is 16.7. The van der Waals surface area contributed by atoms with Crippen LogP contribution in [0.15, 0.2) is 18.2 Å². The molecule has 0 aliphatic carbocycles. The Morgan fingerprint density at radius 1 is 1.42 bits per heavy atom. The molecule has 1 aromatic carbocycles. The van der Waals surface area contributed by atoms with E-state index in [0.717, 1.165) is 4.31 Å². The minimum Gasteiger partial charge on any atom is -0.212 e. The van der Waals surface area contributed by atoms with Gasteiger partial charge in [0.1, 0.15) is 5.82 Å². The van der Waals surface area contributed by atoms with E-state index >= 15 is 0 Å². The van der Waals surface area contributed by atoms with Crippen molar-refractivity contribution >= 4 is 33.2 Å². The average molecular weight is 328 g/mol. The molecule has 0 amide bonds. The summed E-state index contributed by atoms with van der Waals surface area (Å²) in [4.78, 5) is 0. The van der Waals surface area contributed by atoms with Crippen molar-refractivity contribution in [3.05, 3.63) is 34.6 Å². The summed E-state index contributed by atoms with van der Waals surface area (Å²) in [5, 5.41) is 0.215. The molecule has 0 spiro atoms. The fourth-order valence-electron chi connectivity index (χ4n) is 1.54. The Bertz CT molecular complexity index is 516. The molecule has 0 fully saturated rings. The van der Waals surface area contributed by atoms with Crippen molar-refractivity contribution < 1.29 is 12.8 Å². The molecule has 0 heterocycles. The summed E-state index contributed by atoms with van der Waals surface area (Å²) in [6, 6.07) is 4.26. The topological polar surface area (TPSA) is 37.4 Å². The molecule has 1 aromatic rings. The summed E-state index contributed by atoms with van der Waals surface area (Å²) in [5.74, 6) is -0.489. The Labute approximate surface area is 123 Å². The Morgan fingerprint density at radius 3 is 2.58 bits per heavy atom. The lowest BCUT2D eigenvalue weighted by atomic mass is 10.2. The SMILES string of the molecule is CC(CCl)CS(=O)(=O)N(C)Cc1c(F)cccc1Cl. The van der Waals surface area contributed by atoms with Crippen LogP contribution < -0.4 is 0 Å². The fourth-order valence-corrected chi connectivity index (χ4v) is 3.41. The van der Waals surface area contributed by atoms with Gasteiger partial charge in [0, 0.05) is 30.1 Å². The maximum absolute atomic E-state index is 13.6. The maximum atomic E-state index is 13.6. The van der Waals surface area contributed by atoms with Crippen LogP contribution in [0.2, 0.25) is 5.02 Å². The van der Waals surface area contributed by atoms with Gasteiger partial charge in [-0.25, -0.2) is 17.1 Å². The third-order valence-electron chi connectivity index (χ3n) is 2.68. The van der Waals surface area contributed by atoms with Gasteiger partial charge in [0.05, 0.1) is 5.75 Å². The van der Waals surface area contributed by atoms with Gasteiger partial charge in [0.2, 0.25) is 10.0 Å². The quantitative estimate of drug-likeness (QED) is 0.753. The maximum Gasteiger partial charge on any atom is 0.214 e. The highest BCUT2D eigenvalue weighted by atomic mass is 35.5. The minimum absolute atomic E-state index is 0.0704. The second-order valence-electron chi connectivity index (χ2n) is 4.49. The lowest BCUT2D eigenvalue weighted by molar-refractivity contribution is 0.451. The summed E-state index contributed by atoms with van der Waals surface area (Å²) in [5.41, 5.74) is 0.175. The van der Waals surface area contributed by atoms with Crippen molar-refractivity contribution in [2.45, 2.75) is 13.5 Å². The largest absolute Gasteiger partial charge is 0.214 e. The molecule has 19 heavy (non-hydrogen) atoms. The van der Waals surface area contributed by atoms with E-state index in [2.05, 4.69) is 0 Å². The van der Waals surface area contributed by atoms with Gasteiger partial charge in [-0.1, -0.05) is 24.6 Å². The zero-order valence-electron chi connectivity index (χ0n) is 10.7. The highest BCUT2D eigenvalue weighted by molar-refractivity contribution is 7.89. The van der Waals surface area contributed by atoms with E-state index in [1.807, 2.05) is 0 Å². The lowest BCUT2D eigenvalue weighted by Crippen LogP contribution is -2.31. The van der Waals surface area contributed by atoms with Crippen molar-refractivity contribution in [3.63, 3.8) is 0 Å². The zero-order valence-corrected chi connectivity index (χ0v) is 13.1. The Kier molecular flexibility index (Phi) is 6.05. The Hall–Kier alpha value is -0.360. The molecule has 0 N–H and O–H groups in total. The van der Waals surface area contributed by atoms with E-state index in [1.54, 1.807) is 6.92 Å². The van der Waals surface area contributed by atoms with Crippen LogP contribution in [0.5, 0.6) is 0 Å². The first-order valence-corrected chi connectivity index (χ1v) is 8.23. The monoisotopic (exact) mass is 327 g/mol. The van der Waals surface area contributed by atoms with Crippen LogP contribution in [0.4, 0.5) is 4.39 Å². The van der Waals surface area contributed by atoms with Crippen molar-refractivity contribution in [1.29, 1.82) is 0 Å². The van der Waals surface area contributed by atoms with Gasteiger partial charge in [-0.05, 0) is 18.1 Å². The number of alkyl halides is 1. The number of halogens is 3.